The Bertz CT molecular complexity index is 831. The molecule has 1 aliphatic carbocycles. The molecule has 0 N–H and O–H groups in total. The third-order valence-corrected chi connectivity index (χ3v) is 6.59. The summed E-state index contributed by atoms with van der Waals surface area (Å²) in [6.45, 7) is 8.77. The largest absolute Gasteiger partial charge is 0.376 e. The molecule has 27 heavy (non-hydrogen) atoms. The SMILES string of the molecule is CCn1c(SCC(=O)c2cc(C)n(C[C@H]3CCCO3)c2C)nnc1C1CC1. The van der Waals surface area contributed by atoms with Crippen LogP contribution >= 0.6 is 11.8 Å². The number of ketones is 1. The maximum atomic E-state index is 12.9. The molecule has 7 heteroatoms. The van der Waals surface area contributed by atoms with Crippen molar-refractivity contribution in [3.8, 4) is 0 Å². The summed E-state index contributed by atoms with van der Waals surface area (Å²) in [5.74, 6) is 2.21. The van der Waals surface area contributed by atoms with Gasteiger partial charge in [0.2, 0.25) is 0 Å². The number of thioether (sulfide) groups is 1. The van der Waals surface area contributed by atoms with Gasteiger partial charge in [0.1, 0.15) is 5.82 Å². The van der Waals surface area contributed by atoms with Crippen LogP contribution < -0.4 is 0 Å². The molecule has 6 nitrogen and oxygen atoms in total. The lowest BCUT2D eigenvalue weighted by atomic mass is 10.2. The number of Topliss-reactive ketones (excluding diaryl/α,β-unsaturated/α-hetero) is 1. The lowest BCUT2D eigenvalue weighted by Crippen LogP contribution is -2.17. The maximum absolute atomic E-state index is 12.9. The van der Waals surface area contributed by atoms with Gasteiger partial charge >= 0.3 is 0 Å². The van der Waals surface area contributed by atoms with Gasteiger partial charge in [0.15, 0.2) is 10.9 Å². The van der Waals surface area contributed by atoms with Crippen LogP contribution in [0, 0.1) is 13.8 Å². The van der Waals surface area contributed by atoms with Crippen LogP contribution in [0.15, 0.2) is 11.2 Å². The van der Waals surface area contributed by atoms with E-state index in [-0.39, 0.29) is 11.9 Å². The second-order valence-corrected chi connectivity index (χ2v) is 8.54. The fourth-order valence-electron chi connectivity index (χ4n) is 3.91. The van der Waals surface area contributed by atoms with Gasteiger partial charge in [-0.15, -0.1) is 10.2 Å². The molecule has 2 aromatic heterocycles. The highest BCUT2D eigenvalue weighted by atomic mass is 32.2. The van der Waals surface area contributed by atoms with Crippen molar-refractivity contribution in [3.63, 3.8) is 0 Å². The quantitative estimate of drug-likeness (QED) is 0.509. The Hall–Kier alpha value is -1.60. The summed E-state index contributed by atoms with van der Waals surface area (Å²) in [6, 6.07) is 2.02. The molecule has 0 radical (unpaired) electrons. The number of hydrogen-bond acceptors (Lipinski definition) is 5. The molecule has 2 aromatic rings. The van der Waals surface area contributed by atoms with E-state index in [9.17, 15) is 4.79 Å². The Morgan fingerprint density at radius 2 is 2.07 bits per heavy atom. The van der Waals surface area contributed by atoms with Crippen molar-refractivity contribution in [2.75, 3.05) is 12.4 Å². The molecule has 4 rings (SSSR count). The lowest BCUT2D eigenvalue weighted by Gasteiger charge is -2.14. The molecule has 0 aromatic carbocycles. The monoisotopic (exact) mass is 388 g/mol. The number of aromatic nitrogens is 4. The molecule has 0 unspecified atom stereocenters. The number of carbonyl (C=O) groups is 1. The summed E-state index contributed by atoms with van der Waals surface area (Å²) >= 11 is 1.50. The average molecular weight is 389 g/mol. The van der Waals surface area contributed by atoms with E-state index in [2.05, 4.69) is 33.2 Å². The smallest absolute Gasteiger partial charge is 0.191 e. The van der Waals surface area contributed by atoms with Gasteiger partial charge in [0, 0.05) is 42.6 Å². The van der Waals surface area contributed by atoms with Crippen molar-refractivity contribution in [1.29, 1.82) is 0 Å². The Morgan fingerprint density at radius 3 is 2.74 bits per heavy atom. The summed E-state index contributed by atoms with van der Waals surface area (Å²) in [5, 5.41) is 9.55. The van der Waals surface area contributed by atoms with Crippen molar-refractivity contribution >= 4 is 17.5 Å². The van der Waals surface area contributed by atoms with Gasteiger partial charge in [-0.3, -0.25) is 4.79 Å². The Balaban J connectivity index is 1.44. The number of rotatable bonds is 8. The fourth-order valence-corrected chi connectivity index (χ4v) is 4.80. The fraction of sp³-hybridized carbons (Fsp3) is 0.650. The standard InChI is InChI=1S/C20H28N4O2S/c1-4-23-19(15-7-8-15)21-22-20(23)27-12-18(25)17-10-13(2)24(14(17)3)11-16-6-5-9-26-16/h10,15-16H,4-9,11-12H2,1-3H3/t16-/m1/s1. The van der Waals surface area contributed by atoms with E-state index in [4.69, 9.17) is 4.74 Å². The van der Waals surface area contributed by atoms with Crippen molar-refractivity contribution in [2.45, 2.75) is 76.7 Å². The zero-order valence-electron chi connectivity index (χ0n) is 16.4. The first-order chi connectivity index (χ1) is 13.1. The Labute approximate surface area is 164 Å². The minimum Gasteiger partial charge on any atom is -0.376 e. The molecule has 1 saturated carbocycles. The van der Waals surface area contributed by atoms with Gasteiger partial charge in [-0.05, 0) is 52.5 Å². The van der Waals surface area contributed by atoms with Crippen LogP contribution in [0.1, 0.15) is 66.1 Å². The van der Waals surface area contributed by atoms with E-state index in [1.54, 1.807) is 0 Å². The van der Waals surface area contributed by atoms with Crippen LogP contribution in [0.5, 0.6) is 0 Å². The van der Waals surface area contributed by atoms with Crippen molar-refractivity contribution < 1.29 is 9.53 Å². The van der Waals surface area contributed by atoms with E-state index in [0.717, 1.165) is 60.5 Å². The summed E-state index contributed by atoms with van der Waals surface area (Å²) in [5.41, 5.74) is 3.00. The molecule has 0 spiro atoms. The van der Waals surface area contributed by atoms with E-state index in [0.29, 0.717) is 11.7 Å². The highest BCUT2D eigenvalue weighted by Gasteiger charge is 2.30. The first-order valence-corrected chi connectivity index (χ1v) is 10.9. The Kier molecular flexibility index (Phi) is 5.41. The zero-order chi connectivity index (χ0) is 19.0. The zero-order valence-corrected chi connectivity index (χ0v) is 17.2. The summed E-state index contributed by atoms with van der Waals surface area (Å²) < 4.78 is 10.2. The Morgan fingerprint density at radius 1 is 1.26 bits per heavy atom. The normalized spacial score (nSPS) is 19.7. The second kappa shape index (κ2) is 7.80. The van der Waals surface area contributed by atoms with Crippen LogP contribution in [0.3, 0.4) is 0 Å². The highest BCUT2D eigenvalue weighted by molar-refractivity contribution is 7.99. The summed E-state index contributed by atoms with van der Waals surface area (Å²) in [6.07, 6.45) is 4.92. The molecular formula is C20H28N4O2S. The first kappa shape index (κ1) is 18.7. The molecule has 1 saturated heterocycles. The topological polar surface area (TPSA) is 61.9 Å². The van der Waals surface area contributed by atoms with Crippen LogP contribution in [0.25, 0.3) is 0 Å². The van der Waals surface area contributed by atoms with Crippen molar-refractivity contribution in [1.82, 2.24) is 19.3 Å². The predicted octanol–water partition coefficient (Wildman–Crippen LogP) is 3.75. The molecule has 0 amide bonds. The molecule has 3 heterocycles. The second-order valence-electron chi connectivity index (χ2n) is 7.60. The first-order valence-electron chi connectivity index (χ1n) is 9.96. The third kappa shape index (κ3) is 3.85. The molecular weight excluding hydrogens is 360 g/mol. The van der Waals surface area contributed by atoms with Crippen molar-refractivity contribution in [2.24, 2.45) is 0 Å². The van der Waals surface area contributed by atoms with E-state index in [1.807, 2.05) is 13.0 Å². The van der Waals surface area contributed by atoms with Gasteiger partial charge in [-0.1, -0.05) is 11.8 Å². The lowest BCUT2D eigenvalue weighted by molar-refractivity contribution is 0.0957. The summed E-state index contributed by atoms with van der Waals surface area (Å²) in [4.78, 5) is 12.9. The van der Waals surface area contributed by atoms with Gasteiger partial charge in [-0.25, -0.2) is 0 Å². The number of aryl methyl sites for hydroxylation is 1. The molecule has 146 valence electrons. The molecule has 0 bridgehead atoms. The van der Waals surface area contributed by atoms with Crippen LogP contribution in [-0.2, 0) is 17.8 Å². The number of carbonyl (C=O) groups excluding carboxylic acids is 1. The van der Waals surface area contributed by atoms with E-state index >= 15 is 0 Å². The van der Waals surface area contributed by atoms with Gasteiger partial charge in [-0.2, -0.15) is 0 Å². The minimum absolute atomic E-state index is 0.158. The third-order valence-electron chi connectivity index (χ3n) is 5.62. The number of hydrogen-bond donors (Lipinski definition) is 0. The van der Waals surface area contributed by atoms with E-state index in [1.165, 1.54) is 24.6 Å². The van der Waals surface area contributed by atoms with Crippen LogP contribution in [0.2, 0.25) is 0 Å². The predicted molar refractivity (Wildman–Crippen MR) is 106 cm³/mol. The molecule has 2 fully saturated rings. The van der Waals surface area contributed by atoms with Gasteiger partial charge in [0.25, 0.3) is 0 Å². The highest BCUT2D eigenvalue weighted by Crippen LogP contribution is 2.40. The molecule has 1 atom stereocenters. The minimum atomic E-state index is 0.158. The number of nitrogens with zero attached hydrogens (tertiary/aromatic N) is 4. The molecule has 2 aliphatic rings. The number of ether oxygens (including phenoxy) is 1. The van der Waals surface area contributed by atoms with Crippen LogP contribution in [0.4, 0.5) is 0 Å². The van der Waals surface area contributed by atoms with Crippen LogP contribution in [-0.4, -0.2) is 43.6 Å². The van der Waals surface area contributed by atoms with E-state index < -0.39 is 0 Å². The maximum Gasteiger partial charge on any atom is 0.191 e. The van der Waals surface area contributed by atoms with Crippen molar-refractivity contribution in [3.05, 3.63) is 28.8 Å². The van der Waals surface area contributed by atoms with Gasteiger partial charge < -0.3 is 13.9 Å². The molecule has 1 aliphatic heterocycles. The van der Waals surface area contributed by atoms with Gasteiger partial charge in [0.05, 0.1) is 11.9 Å². The average Bonchev–Trinajstić information content (AvgIpc) is 3.11. The summed E-state index contributed by atoms with van der Waals surface area (Å²) in [7, 11) is 0.